The molecule has 0 heterocycles. The number of sulfone groups is 1. The van der Waals surface area contributed by atoms with Gasteiger partial charge in [0.1, 0.15) is 15.8 Å². The number of fused-ring (bicyclic) bond motifs is 1. The second kappa shape index (κ2) is 10.8. The molecule has 0 spiro atoms. The van der Waals surface area contributed by atoms with E-state index in [9.17, 15) is 29.8 Å². The fourth-order valence-corrected chi connectivity index (χ4v) is 5.03. The molecular formula is C18H16N3NaO9S3. The quantitative estimate of drug-likeness (QED) is 0.160. The fourth-order valence-electron chi connectivity index (χ4n) is 2.84. The van der Waals surface area contributed by atoms with E-state index in [0.717, 1.165) is 6.07 Å². The minimum absolute atomic E-state index is 0. The van der Waals surface area contributed by atoms with Crippen LogP contribution in [0.1, 0.15) is 0 Å². The normalized spacial score (nSPS) is 12.6. The van der Waals surface area contributed by atoms with Crippen LogP contribution in [-0.2, 0) is 34.5 Å². The summed E-state index contributed by atoms with van der Waals surface area (Å²) in [5.74, 6) is -0.701. The van der Waals surface area contributed by atoms with Gasteiger partial charge in [0, 0.05) is 10.8 Å². The Morgan fingerprint density at radius 1 is 0.912 bits per heavy atom. The minimum Gasteiger partial charge on any atom is -0.744 e. The van der Waals surface area contributed by atoms with Gasteiger partial charge in [-0.15, -0.1) is 5.11 Å². The van der Waals surface area contributed by atoms with E-state index in [-0.39, 0.29) is 56.9 Å². The number of nitrogen functional groups attached to an aromatic ring is 1. The number of hydrogen-bond acceptors (Lipinski definition) is 11. The first-order valence-corrected chi connectivity index (χ1v) is 13.3. The summed E-state index contributed by atoms with van der Waals surface area (Å²) >= 11 is 0. The Bertz CT molecular complexity index is 1560. The van der Waals surface area contributed by atoms with Crippen molar-refractivity contribution >= 4 is 58.2 Å². The van der Waals surface area contributed by atoms with Gasteiger partial charge in [-0.1, -0.05) is 24.3 Å². The summed E-state index contributed by atoms with van der Waals surface area (Å²) in [4.78, 5) is -0.667. The van der Waals surface area contributed by atoms with Crippen LogP contribution in [0.4, 0.5) is 17.1 Å². The molecule has 0 saturated carbocycles. The van der Waals surface area contributed by atoms with Gasteiger partial charge in [-0.05, 0) is 30.3 Å². The number of azo groups is 1. The Balaban J connectivity index is 0.00000408. The molecule has 0 aliphatic heterocycles. The smallest absolute Gasteiger partial charge is 0.744 e. The standard InChI is InChI=1S/C18H17N3O9S3.Na/c19-18-15-4-2-1-3-14(15)17(32(24,25)26)11-16(18)21-20-12-5-7-13(8-6-12)31(22,23)10-9-30-33(27,28)29;/h1-8,11H,9-10,19H2,(H,24,25,26)(H,27,28,29);/q;+1/p-1. The Hall–Kier alpha value is -1.95. The molecule has 3 N–H and O–H groups in total. The van der Waals surface area contributed by atoms with Crippen LogP contribution in [-0.4, -0.2) is 46.7 Å². The predicted molar refractivity (Wildman–Crippen MR) is 116 cm³/mol. The summed E-state index contributed by atoms with van der Waals surface area (Å²) in [5, 5.41) is 8.25. The number of anilines is 1. The van der Waals surface area contributed by atoms with E-state index < -0.39 is 47.6 Å². The van der Waals surface area contributed by atoms with Crippen molar-refractivity contribution < 1.29 is 68.1 Å². The molecule has 3 rings (SSSR count). The number of rotatable bonds is 8. The molecule has 0 radical (unpaired) electrons. The molecule has 0 unspecified atom stereocenters. The molecule has 34 heavy (non-hydrogen) atoms. The maximum atomic E-state index is 12.2. The van der Waals surface area contributed by atoms with Crippen molar-refractivity contribution in [2.75, 3.05) is 18.1 Å². The van der Waals surface area contributed by atoms with Crippen molar-refractivity contribution in [2.45, 2.75) is 9.79 Å². The minimum atomic E-state index is -4.83. The van der Waals surface area contributed by atoms with Gasteiger partial charge in [-0.3, -0.25) is 4.55 Å². The molecule has 0 aliphatic carbocycles. The van der Waals surface area contributed by atoms with Crippen LogP contribution < -0.4 is 35.3 Å². The molecule has 12 nitrogen and oxygen atoms in total. The van der Waals surface area contributed by atoms with E-state index in [2.05, 4.69) is 14.4 Å². The van der Waals surface area contributed by atoms with E-state index in [1.807, 2.05) is 0 Å². The molecule has 176 valence electrons. The average molecular weight is 538 g/mol. The molecule has 0 fully saturated rings. The van der Waals surface area contributed by atoms with E-state index in [1.54, 1.807) is 12.1 Å². The van der Waals surface area contributed by atoms with Crippen molar-refractivity contribution in [1.29, 1.82) is 0 Å². The third-order valence-electron chi connectivity index (χ3n) is 4.35. The van der Waals surface area contributed by atoms with Crippen molar-refractivity contribution in [3.05, 3.63) is 54.6 Å². The van der Waals surface area contributed by atoms with Crippen molar-refractivity contribution in [1.82, 2.24) is 0 Å². The first kappa shape index (κ1) is 28.3. The fraction of sp³-hybridized carbons (Fsp3) is 0.111. The molecule has 0 amide bonds. The molecule has 0 atom stereocenters. The topological polar surface area (TPSA) is 206 Å². The van der Waals surface area contributed by atoms with Crippen LogP contribution in [0.2, 0.25) is 0 Å². The van der Waals surface area contributed by atoms with Gasteiger partial charge in [0.05, 0.1) is 33.5 Å². The van der Waals surface area contributed by atoms with Gasteiger partial charge in [0.2, 0.25) is 0 Å². The van der Waals surface area contributed by atoms with Crippen LogP contribution >= 0.6 is 0 Å². The van der Waals surface area contributed by atoms with Gasteiger partial charge < -0.3 is 10.3 Å². The zero-order valence-electron chi connectivity index (χ0n) is 17.5. The van der Waals surface area contributed by atoms with E-state index in [0.29, 0.717) is 5.39 Å². The molecule has 0 bridgehead atoms. The van der Waals surface area contributed by atoms with Crippen LogP contribution in [0.25, 0.3) is 10.8 Å². The van der Waals surface area contributed by atoms with Gasteiger partial charge in [0.25, 0.3) is 0 Å². The summed E-state index contributed by atoms with van der Waals surface area (Å²) in [5.41, 5.74) is 6.26. The monoisotopic (exact) mass is 537 g/mol. The third-order valence-corrected chi connectivity index (χ3v) is 7.38. The summed E-state index contributed by atoms with van der Waals surface area (Å²) < 4.78 is 92.9. The van der Waals surface area contributed by atoms with Crippen LogP contribution in [0, 0.1) is 0 Å². The van der Waals surface area contributed by atoms with Crippen molar-refractivity contribution in [2.24, 2.45) is 10.2 Å². The predicted octanol–water partition coefficient (Wildman–Crippen LogP) is -0.661. The first-order chi connectivity index (χ1) is 15.3. The molecule has 0 aromatic heterocycles. The van der Waals surface area contributed by atoms with Crippen molar-refractivity contribution in [3.8, 4) is 0 Å². The zero-order chi connectivity index (χ0) is 24.4. The van der Waals surface area contributed by atoms with Gasteiger partial charge in [-0.25, -0.2) is 21.0 Å². The Morgan fingerprint density at radius 3 is 2.06 bits per heavy atom. The molecule has 3 aromatic carbocycles. The van der Waals surface area contributed by atoms with E-state index in [4.69, 9.17) is 10.3 Å². The van der Waals surface area contributed by atoms with E-state index in [1.165, 1.54) is 36.4 Å². The SMILES string of the molecule is Nc1c(N=Nc2ccc(S(=O)(=O)CCOS(=O)(=O)O)cc2)cc(S(=O)(=O)[O-])c2ccccc12.[Na+]. The maximum Gasteiger partial charge on any atom is 1.00 e. The summed E-state index contributed by atoms with van der Waals surface area (Å²) in [6, 6.07) is 12.1. The Morgan fingerprint density at radius 2 is 1.50 bits per heavy atom. The molecule has 0 aliphatic rings. The second-order valence-corrected chi connectivity index (χ2v) is 11.1. The van der Waals surface area contributed by atoms with Crippen LogP contribution in [0.15, 0.2) is 74.6 Å². The van der Waals surface area contributed by atoms with Crippen molar-refractivity contribution in [3.63, 3.8) is 0 Å². The molecule has 0 saturated heterocycles. The molecular weight excluding hydrogens is 521 g/mol. The molecule has 16 heteroatoms. The van der Waals surface area contributed by atoms with Gasteiger partial charge in [-0.2, -0.15) is 13.5 Å². The third kappa shape index (κ3) is 7.03. The second-order valence-electron chi connectivity index (χ2n) is 6.57. The van der Waals surface area contributed by atoms with Crippen LogP contribution in [0.3, 0.4) is 0 Å². The summed E-state index contributed by atoms with van der Waals surface area (Å²) in [7, 11) is -13.5. The van der Waals surface area contributed by atoms with Gasteiger partial charge in [0.15, 0.2) is 9.84 Å². The van der Waals surface area contributed by atoms with Gasteiger partial charge >= 0.3 is 40.0 Å². The number of hydrogen-bond donors (Lipinski definition) is 2. The summed E-state index contributed by atoms with van der Waals surface area (Å²) in [6.07, 6.45) is 0. The maximum absolute atomic E-state index is 12.2. The summed E-state index contributed by atoms with van der Waals surface area (Å²) in [6.45, 7) is -0.769. The van der Waals surface area contributed by atoms with Crippen LogP contribution in [0.5, 0.6) is 0 Å². The number of benzene rings is 3. The largest absolute Gasteiger partial charge is 1.00 e. The Kier molecular flexibility index (Phi) is 8.95. The first-order valence-electron chi connectivity index (χ1n) is 8.91. The molecule has 3 aromatic rings. The number of nitrogens with two attached hydrogens (primary N) is 1. The zero-order valence-corrected chi connectivity index (χ0v) is 22.0. The van der Waals surface area contributed by atoms with E-state index >= 15 is 0 Å². The number of nitrogens with zero attached hydrogens (tertiary/aromatic N) is 2. The Labute approximate surface area is 217 Å². The average Bonchev–Trinajstić information content (AvgIpc) is 2.72.